The molecule has 0 aromatic carbocycles. The van der Waals surface area contributed by atoms with E-state index >= 15 is 0 Å². The Labute approximate surface area is 163 Å². The molecule has 4 heteroatoms. The van der Waals surface area contributed by atoms with Crippen LogP contribution in [0.25, 0.3) is 0 Å². The third-order valence-electron chi connectivity index (χ3n) is 6.68. The van der Waals surface area contributed by atoms with Gasteiger partial charge < -0.3 is 14.9 Å². The SMILES string of the molecule is O=C(O)CCC/C=C\C[C@H]1[C@H](/C=C/C(O)CC2CCCCC2)[C@H]2CC[C@H]1O2. The van der Waals surface area contributed by atoms with Crippen LogP contribution in [0, 0.1) is 17.8 Å². The first kappa shape index (κ1) is 20.6. The summed E-state index contributed by atoms with van der Waals surface area (Å²) in [4.78, 5) is 10.6. The molecule has 2 aliphatic heterocycles. The molecule has 2 N–H and O–H groups in total. The van der Waals surface area contributed by atoms with Crippen LogP contribution in [-0.2, 0) is 9.53 Å². The van der Waals surface area contributed by atoms with Crippen LogP contribution in [0.5, 0.6) is 0 Å². The highest BCUT2D eigenvalue weighted by atomic mass is 16.5. The molecule has 2 saturated heterocycles. The van der Waals surface area contributed by atoms with E-state index in [1.807, 2.05) is 6.08 Å². The lowest BCUT2D eigenvalue weighted by molar-refractivity contribution is -0.137. The molecular formula is C23H36O4. The normalized spacial score (nSPS) is 32.6. The number of fused-ring (bicyclic) bond motifs is 2. The predicted molar refractivity (Wildman–Crippen MR) is 106 cm³/mol. The van der Waals surface area contributed by atoms with E-state index in [4.69, 9.17) is 9.84 Å². The fraction of sp³-hybridized carbons (Fsp3) is 0.783. The molecule has 0 amide bonds. The Hall–Kier alpha value is -1.13. The van der Waals surface area contributed by atoms with Gasteiger partial charge in [-0.2, -0.15) is 0 Å². The molecule has 4 nitrogen and oxygen atoms in total. The van der Waals surface area contributed by atoms with Crippen molar-refractivity contribution >= 4 is 5.97 Å². The van der Waals surface area contributed by atoms with E-state index in [-0.39, 0.29) is 12.5 Å². The minimum absolute atomic E-state index is 0.242. The Balaban J connectivity index is 1.45. The number of carboxylic acid groups (broad SMARTS) is 1. The van der Waals surface area contributed by atoms with E-state index in [9.17, 15) is 9.90 Å². The van der Waals surface area contributed by atoms with E-state index in [0.29, 0.717) is 36.4 Å². The monoisotopic (exact) mass is 376 g/mol. The van der Waals surface area contributed by atoms with Crippen LogP contribution in [-0.4, -0.2) is 34.5 Å². The number of hydrogen-bond acceptors (Lipinski definition) is 3. The standard InChI is InChI=1S/C23H36O4/c24-18(16-17-8-4-3-5-9-17)12-13-20-19(21-14-15-22(20)27-21)10-6-1-2-7-11-23(25)26/h1,6,12-13,17-22,24H,2-5,7-11,14-16H2,(H,25,26)/b6-1-,13-12+/t18?,19-,20-,21+,22+/m0/s1. The fourth-order valence-corrected chi connectivity index (χ4v) is 5.23. The number of unbranched alkanes of at least 4 members (excludes halogenated alkanes) is 1. The quantitative estimate of drug-likeness (QED) is 0.422. The van der Waals surface area contributed by atoms with Gasteiger partial charge in [-0.3, -0.25) is 4.79 Å². The first-order valence-corrected chi connectivity index (χ1v) is 11.0. The van der Waals surface area contributed by atoms with E-state index in [1.54, 1.807) is 0 Å². The molecule has 2 bridgehead atoms. The summed E-state index contributed by atoms with van der Waals surface area (Å²) in [5.74, 6) is 0.882. The van der Waals surface area contributed by atoms with Gasteiger partial charge in [-0.1, -0.05) is 56.4 Å². The van der Waals surface area contributed by atoms with Crippen molar-refractivity contribution in [3.8, 4) is 0 Å². The lowest BCUT2D eigenvalue weighted by Gasteiger charge is -2.26. The second-order valence-corrected chi connectivity index (χ2v) is 8.72. The number of rotatable bonds is 10. The summed E-state index contributed by atoms with van der Waals surface area (Å²) in [6, 6.07) is 0. The molecule has 3 rings (SSSR count). The summed E-state index contributed by atoms with van der Waals surface area (Å²) in [6.07, 6.45) is 21.5. The number of carboxylic acids is 1. The maximum Gasteiger partial charge on any atom is 0.303 e. The van der Waals surface area contributed by atoms with Gasteiger partial charge in [0.1, 0.15) is 0 Å². The van der Waals surface area contributed by atoms with Gasteiger partial charge in [0, 0.05) is 12.3 Å². The molecule has 1 saturated carbocycles. The van der Waals surface area contributed by atoms with Crippen molar-refractivity contribution in [3.05, 3.63) is 24.3 Å². The Morgan fingerprint density at radius 1 is 1.07 bits per heavy atom. The molecule has 152 valence electrons. The van der Waals surface area contributed by atoms with Gasteiger partial charge >= 0.3 is 5.97 Å². The van der Waals surface area contributed by atoms with Gasteiger partial charge in [0.05, 0.1) is 18.3 Å². The first-order valence-electron chi connectivity index (χ1n) is 11.0. The van der Waals surface area contributed by atoms with Crippen molar-refractivity contribution in [3.63, 3.8) is 0 Å². The van der Waals surface area contributed by atoms with Gasteiger partial charge in [0.25, 0.3) is 0 Å². The maximum absolute atomic E-state index is 10.6. The van der Waals surface area contributed by atoms with Crippen molar-refractivity contribution in [2.75, 3.05) is 0 Å². The molecule has 2 heterocycles. The average Bonchev–Trinajstić information content (AvgIpc) is 3.25. The molecule has 3 aliphatic rings. The van der Waals surface area contributed by atoms with Crippen LogP contribution in [0.4, 0.5) is 0 Å². The number of aliphatic hydroxyl groups is 1. The number of ether oxygens (including phenoxy) is 1. The summed E-state index contributed by atoms with van der Waals surface area (Å²) >= 11 is 0. The Kier molecular flexibility index (Phi) is 7.95. The van der Waals surface area contributed by atoms with Gasteiger partial charge in [-0.05, 0) is 50.4 Å². The van der Waals surface area contributed by atoms with Gasteiger partial charge in [-0.25, -0.2) is 0 Å². The average molecular weight is 377 g/mol. The zero-order valence-electron chi connectivity index (χ0n) is 16.5. The van der Waals surface area contributed by atoms with Crippen LogP contribution in [0.15, 0.2) is 24.3 Å². The topological polar surface area (TPSA) is 66.8 Å². The highest BCUT2D eigenvalue weighted by Gasteiger charge is 2.46. The highest BCUT2D eigenvalue weighted by molar-refractivity contribution is 5.66. The number of aliphatic hydroxyl groups excluding tert-OH is 1. The number of carbonyl (C=O) groups is 1. The number of hydrogen-bond donors (Lipinski definition) is 2. The van der Waals surface area contributed by atoms with Crippen LogP contribution in [0.3, 0.4) is 0 Å². The van der Waals surface area contributed by atoms with Crippen LogP contribution in [0.2, 0.25) is 0 Å². The third kappa shape index (κ3) is 6.18. The Morgan fingerprint density at radius 2 is 1.85 bits per heavy atom. The minimum Gasteiger partial charge on any atom is -0.481 e. The van der Waals surface area contributed by atoms with Crippen molar-refractivity contribution < 1.29 is 19.7 Å². The van der Waals surface area contributed by atoms with Crippen molar-refractivity contribution in [1.82, 2.24) is 0 Å². The number of allylic oxidation sites excluding steroid dienone is 2. The van der Waals surface area contributed by atoms with Crippen molar-refractivity contribution in [2.24, 2.45) is 17.8 Å². The smallest absolute Gasteiger partial charge is 0.303 e. The zero-order chi connectivity index (χ0) is 19.1. The third-order valence-corrected chi connectivity index (χ3v) is 6.68. The Morgan fingerprint density at radius 3 is 2.63 bits per heavy atom. The summed E-state index contributed by atoms with van der Waals surface area (Å²) in [7, 11) is 0. The van der Waals surface area contributed by atoms with E-state index in [0.717, 1.165) is 32.1 Å². The fourth-order valence-electron chi connectivity index (χ4n) is 5.23. The molecule has 27 heavy (non-hydrogen) atoms. The lowest BCUT2D eigenvalue weighted by Crippen LogP contribution is -2.25. The molecule has 0 aromatic rings. The summed E-state index contributed by atoms with van der Waals surface area (Å²) in [6.45, 7) is 0. The van der Waals surface area contributed by atoms with Gasteiger partial charge in [-0.15, -0.1) is 0 Å². The van der Waals surface area contributed by atoms with Crippen LogP contribution >= 0.6 is 0 Å². The summed E-state index contributed by atoms with van der Waals surface area (Å²) in [5.41, 5.74) is 0. The van der Waals surface area contributed by atoms with Crippen LogP contribution in [0.1, 0.15) is 77.0 Å². The van der Waals surface area contributed by atoms with Gasteiger partial charge in [0.2, 0.25) is 0 Å². The summed E-state index contributed by atoms with van der Waals surface area (Å²) < 4.78 is 6.14. The zero-order valence-corrected chi connectivity index (χ0v) is 16.5. The number of aliphatic carboxylic acids is 1. The van der Waals surface area contributed by atoms with Gasteiger partial charge in [0.15, 0.2) is 0 Å². The molecular weight excluding hydrogens is 340 g/mol. The molecule has 0 aromatic heterocycles. The largest absolute Gasteiger partial charge is 0.481 e. The second-order valence-electron chi connectivity index (χ2n) is 8.72. The van der Waals surface area contributed by atoms with Crippen LogP contribution < -0.4 is 0 Å². The first-order chi connectivity index (χ1) is 13.1. The predicted octanol–water partition coefficient (Wildman–Crippen LogP) is 4.87. The van der Waals surface area contributed by atoms with E-state index < -0.39 is 5.97 Å². The highest BCUT2D eigenvalue weighted by Crippen LogP contribution is 2.46. The molecule has 3 fully saturated rings. The van der Waals surface area contributed by atoms with E-state index in [2.05, 4.69) is 18.2 Å². The molecule has 0 spiro atoms. The van der Waals surface area contributed by atoms with Crippen molar-refractivity contribution in [1.29, 1.82) is 0 Å². The second kappa shape index (κ2) is 10.4. The maximum atomic E-state index is 10.6. The molecule has 0 radical (unpaired) electrons. The molecule has 1 unspecified atom stereocenters. The van der Waals surface area contributed by atoms with E-state index in [1.165, 1.54) is 32.1 Å². The van der Waals surface area contributed by atoms with Crippen molar-refractivity contribution in [2.45, 2.75) is 95.4 Å². The minimum atomic E-state index is -0.720. The lowest BCUT2D eigenvalue weighted by atomic mass is 9.77. The molecule has 5 atom stereocenters. The summed E-state index contributed by atoms with van der Waals surface area (Å²) in [5, 5.41) is 19.1. The Bertz CT molecular complexity index is 520. The molecule has 1 aliphatic carbocycles.